The fourth-order valence-electron chi connectivity index (χ4n) is 4.68. The van der Waals surface area contributed by atoms with Crippen LogP contribution in [0.4, 0.5) is 5.00 Å². The Hall–Kier alpha value is -3.00. The van der Waals surface area contributed by atoms with Gasteiger partial charge in [-0.2, -0.15) is 4.99 Å². The van der Waals surface area contributed by atoms with Gasteiger partial charge in [-0.25, -0.2) is 9.59 Å². The molecular weight excluding hydrogens is 599 g/mol. The predicted molar refractivity (Wildman–Crippen MR) is 166 cm³/mol. The van der Waals surface area contributed by atoms with E-state index in [1.165, 1.54) is 22.7 Å². The lowest BCUT2D eigenvalue weighted by Gasteiger charge is -2.08. The molecule has 0 bridgehead atoms. The number of thiophene rings is 1. The number of methoxy groups -OCH3 is 1. The van der Waals surface area contributed by atoms with E-state index in [9.17, 15) is 19.2 Å². The summed E-state index contributed by atoms with van der Waals surface area (Å²) in [4.78, 5) is 56.5. The number of hydrogen-bond donors (Lipinski definition) is 1. The average molecular weight is 634 g/mol. The highest BCUT2D eigenvalue weighted by Crippen LogP contribution is 2.38. The van der Waals surface area contributed by atoms with Crippen LogP contribution in [-0.4, -0.2) is 66.8 Å². The smallest absolute Gasteiger partial charge is 0.341 e. The van der Waals surface area contributed by atoms with Crippen molar-refractivity contribution in [3.63, 3.8) is 0 Å². The van der Waals surface area contributed by atoms with Crippen LogP contribution < -0.4 is 10.1 Å². The minimum atomic E-state index is -0.409. The number of esters is 2. The Morgan fingerprint density at radius 2 is 1.76 bits per heavy atom. The Balaban J connectivity index is 1.44. The highest BCUT2D eigenvalue weighted by molar-refractivity contribution is 8.00. The van der Waals surface area contributed by atoms with Crippen LogP contribution in [0.15, 0.2) is 23.2 Å². The molecule has 0 saturated heterocycles. The van der Waals surface area contributed by atoms with Crippen molar-refractivity contribution in [2.75, 3.05) is 43.8 Å². The van der Waals surface area contributed by atoms with Crippen LogP contribution in [0.5, 0.6) is 0 Å². The fourth-order valence-corrected chi connectivity index (χ4v) is 7.69. The lowest BCUT2D eigenvalue weighted by Crippen LogP contribution is -2.20. The Bertz CT molecular complexity index is 1520. The zero-order valence-electron chi connectivity index (χ0n) is 24.0. The largest absolute Gasteiger partial charge is 0.462 e. The molecule has 2 aromatic heterocycles. The van der Waals surface area contributed by atoms with Gasteiger partial charge in [0.05, 0.1) is 52.7 Å². The molecule has 42 heavy (non-hydrogen) atoms. The van der Waals surface area contributed by atoms with Crippen LogP contribution in [0.3, 0.4) is 0 Å². The lowest BCUT2D eigenvalue weighted by atomic mass is 10.1. The second-order valence-electron chi connectivity index (χ2n) is 9.47. The minimum absolute atomic E-state index is 0.00565. The molecule has 0 atom stereocenters. The number of ether oxygens (including phenoxy) is 3. The first-order valence-electron chi connectivity index (χ1n) is 13.9. The zero-order valence-corrected chi connectivity index (χ0v) is 26.4. The number of amides is 2. The molecule has 1 aromatic carbocycles. The number of carbonyl (C=O) groups excluding carboxylic acids is 4. The van der Waals surface area contributed by atoms with Crippen LogP contribution in [-0.2, 0) is 43.2 Å². The third kappa shape index (κ3) is 7.88. The molecule has 0 spiro atoms. The first-order chi connectivity index (χ1) is 20.4. The number of carbonyl (C=O) groups is 4. The van der Waals surface area contributed by atoms with E-state index in [0.29, 0.717) is 34.1 Å². The van der Waals surface area contributed by atoms with Gasteiger partial charge in [-0.1, -0.05) is 17.8 Å². The van der Waals surface area contributed by atoms with Gasteiger partial charge in [0.2, 0.25) is 5.91 Å². The van der Waals surface area contributed by atoms with E-state index in [1.54, 1.807) is 33.1 Å². The molecule has 0 fully saturated rings. The molecule has 1 aliphatic rings. The van der Waals surface area contributed by atoms with Crippen molar-refractivity contribution in [1.29, 1.82) is 0 Å². The molecular formula is C29H35N3O7S3. The first-order valence-corrected chi connectivity index (χ1v) is 16.7. The van der Waals surface area contributed by atoms with Gasteiger partial charge in [-0.3, -0.25) is 9.59 Å². The fraction of sp³-hybridized carbons (Fsp3) is 0.483. The van der Waals surface area contributed by atoms with Gasteiger partial charge in [0.25, 0.3) is 5.91 Å². The van der Waals surface area contributed by atoms with E-state index in [2.05, 4.69) is 10.3 Å². The Morgan fingerprint density at radius 3 is 2.52 bits per heavy atom. The molecule has 2 amide bonds. The van der Waals surface area contributed by atoms with Gasteiger partial charge >= 0.3 is 11.9 Å². The van der Waals surface area contributed by atoms with E-state index in [-0.39, 0.29) is 36.5 Å². The van der Waals surface area contributed by atoms with Crippen molar-refractivity contribution in [1.82, 2.24) is 4.57 Å². The summed E-state index contributed by atoms with van der Waals surface area (Å²) in [6, 6.07) is 5.24. The molecule has 0 unspecified atom stereocenters. The standard InChI is InChI=1S/C29H35N3O7S3/c1-4-38-27(35)18-11-12-20-22(15-18)42-29(32(20)13-14-37-3)31-24(34)17-40-16-23(33)30-26-25(28(36)39-5-2)19-9-7-6-8-10-21(19)41-26/h11-12,15H,4-10,13-14,16-17H2,1-3H3,(H,30,33). The number of fused-ring (bicyclic) bond motifs is 2. The molecule has 226 valence electrons. The molecule has 13 heteroatoms. The Kier molecular flexibility index (Phi) is 11.8. The summed E-state index contributed by atoms with van der Waals surface area (Å²) >= 11 is 3.90. The number of thioether (sulfide) groups is 1. The van der Waals surface area contributed by atoms with Gasteiger partial charge in [-0.05, 0) is 63.3 Å². The van der Waals surface area contributed by atoms with Crippen molar-refractivity contribution in [2.24, 2.45) is 4.99 Å². The van der Waals surface area contributed by atoms with Crippen molar-refractivity contribution in [3.8, 4) is 0 Å². The van der Waals surface area contributed by atoms with Crippen molar-refractivity contribution in [2.45, 2.75) is 52.5 Å². The molecule has 1 N–H and O–H groups in total. The third-order valence-electron chi connectivity index (χ3n) is 6.55. The zero-order chi connectivity index (χ0) is 30.1. The molecule has 0 aliphatic heterocycles. The highest BCUT2D eigenvalue weighted by atomic mass is 32.2. The van der Waals surface area contributed by atoms with Crippen LogP contribution in [0, 0.1) is 0 Å². The van der Waals surface area contributed by atoms with E-state index < -0.39 is 11.9 Å². The SMILES string of the molecule is CCOC(=O)c1ccc2c(c1)sc(=NC(=O)CSCC(=O)Nc1sc3c(c1C(=O)OCC)CCCCC3)n2CCOC. The van der Waals surface area contributed by atoms with Crippen LogP contribution in [0.2, 0.25) is 0 Å². The van der Waals surface area contributed by atoms with E-state index in [4.69, 9.17) is 14.2 Å². The maximum atomic E-state index is 12.8. The summed E-state index contributed by atoms with van der Waals surface area (Å²) in [6.07, 6.45) is 4.86. The molecule has 1 aliphatic carbocycles. The van der Waals surface area contributed by atoms with Crippen LogP contribution >= 0.6 is 34.4 Å². The monoisotopic (exact) mass is 633 g/mol. The number of thiazole rings is 1. The third-order valence-corrected chi connectivity index (χ3v) is 9.71. The van der Waals surface area contributed by atoms with Crippen LogP contribution in [0.25, 0.3) is 10.2 Å². The van der Waals surface area contributed by atoms with Crippen LogP contribution in [0.1, 0.15) is 64.3 Å². The van der Waals surface area contributed by atoms with Gasteiger partial charge in [0.1, 0.15) is 5.00 Å². The van der Waals surface area contributed by atoms with Gasteiger partial charge in [0.15, 0.2) is 4.80 Å². The number of nitrogens with zero attached hydrogens (tertiary/aromatic N) is 2. The molecule has 10 nitrogen and oxygen atoms in total. The van der Waals surface area contributed by atoms with E-state index in [1.807, 2.05) is 10.6 Å². The van der Waals surface area contributed by atoms with Gasteiger partial charge < -0.3 is 24.1 Å². The maximum absolute atomic E-state index is 12.8. The second-order valence-corrected chi connectivity index (χ2v) is 12.6. The highest BCUT2D eigenvalue weighted by Gasteiger charge is 2.26. The Labute approximate surface area is 256 Å². The summed E-state index contributed by atoms with van der Waals surface area (Å²) in [5.41, 5.74) is 2.72. The first kappa shape index (κ1) is 31.9. The number of rotatable bonds is 12. The van der Waals surface area contributed by atoms with Crippen molar-refractivity contribution >= 4 is 73.4 Å². The topological polar surface area (TPSA) is 125 Å². The minimum Gasteiger partial charge on any atom is -0.462 e. The summed E-state index contributed by atoms with van der Waals surface area (Å²) in [5.74, 6) is -1.46. The number of nitrogens with one attached hydrogen (secondary N) is 1. The molecule has 0 saturated carbocycles. The maximum Gasteiger partial charge on any atom is 0.341 e. The number of anilines is 1. The molecule has 3 aromatic rings. The molecule has 4 rings (SSSR count). The number of aryl methyl sites for hydroxylation is 1. The molecule has 2 heterocycles. The Morgan fingerprint density at radius 1 is 1.00 bits per heavy atom. The summed E-state index contributed by atoms with van der Waals surface area (Å²) in [5, 5.41) is 3.41. The average Bonchev–Trinajstić information content (AvgIpc) is 3.38. The molecule has 0 radical (unpaired) electrons. The quantitative estimate of drug-likeness (QED) is 0.222. The summed E-state index contributed by atoms with van der Waals surface area (Å²) in [7, 11) is 1.60. The van der Waals surface area contributed by atoms with Crippen molar-refractivity contribution < 1.29 is 33.4 Å². The van der Waals surface area contributed by atoms with Gasteiger partial charge in [0, 0.05) is 18.5 Å². The number of benzene rings is 1. The summed E-state index contributed by atoms with van der Waals surface area (Å²) < 4.78 is 18.3. The predicted octanol–water partition coefficient (Wildman–Crippen LogP) is 4.83. The number of hydrogen-bond acceptors (Lipinski definition) is 10. The normalized spacial score (nSPS) is 13.5. The van der Waals surface area contributed by atoms with E-state index in [0.717, 1.165) is 64.5 Å². The van der Waals surface area contributed by atoms with Crippen molar-refractivity contribution in [3.05, 3.63) is 44.6 Å². The second kappa shape index (κ2) is 15.5. The van der Waals surface area contributed by atoms with Gasteiger partial charge in [-0.15, -0.1) is 23.1 Å². The lowest BCUT2D eigenvalue weighted by molar-refractivity contribution is -0.115. The van der Waals surface area contributed by atoms with E-state index >= 15 is 0 Å². The summed E-state index contributed by atoms with van der Waals surface area (Å²) in [6.45, 7) is 4.95. The number of aromatic nitrogens is 1.